The highest BCUT2D eigenvalue weighted by Gasteiger charge is 2.02. The first kappa shape index (κ1) is 14.0. The fourth-order valence-electron chi connectivity index (χ4n) is 1.99. The Morgan fingerprint density at radius 2 is 1.53 bits per heavy atom. The zero-order valence-electron chi connectivity index (χ0n) is 11.3. The molecular formula is C17H20OS. The van der Waals surface area contributed by atoms with E-state index in [1.54, 1.807) is 0 Å². The minimum atomic E-state index is -0.722. The van der Waals surface area contributed by atoms with E-state index in [1.807, 2.05) is 18.2 Å². The molecule has 0 fully saturated rings. The summed E-state index contributed by atoms with van der Waals surface area (Å²) in [5.41, 5.74) is 3.60. The molecule has 2 aromatic carbocycles. The second-order valence-corrected chi connectivity index (χ2v) is 6.28. The molecule has 1 unspecified atom stereocenters. The van der Waals surface area contributed by atoms with Crippen molar-refractivity contribution in [3.05, 3.63) is 60.2 Å². The summed E-state index contributed by atoms with van der Waals surface area (Å²) in [6.07, 6.45) is 2.16. The number of benzene rings is 2. The molecule has 0 spiro atoms. The number of hydrogen-bond acceptors (Lipinski definition) is 1. The second kappa shape index (κ2) is 7.25. The molecule has 0 heterocycles. The predicted molar refractivity (Wildman–Crippen MR) is 83.5 cm³/mol. The van der Waals surface area contributed by atoms with Gasteiger partial charge in [0.1, 0.15) is 0 Å². The van der Waals surface area contributed by atoms with Crippen molar-refractivity contribution in [3.63, 3.8) is 0 Å². The maximum absolute atomic E-state index is 11.8. The molecule has 0 aromatic heterocycles. The number of rotatable bonds is 6. The Labute approximate surface area is 118 Å². The molecule has 0 amide bonds. The third-order valence-corrected chi connectivity index (χ3v) is 4.51. The van der Waals surface area contributed by atoms with Gasteiger partial charge in [-0.05, 0) is 23.1 Å². The van der Waals surface area contributed by atoms with E-state index in [0.717, 1.165) is 24.2 Å². The Hall–Kier alpha value is -1.41. The molecule has 0 radical (unpaired) electrons. The van der Waals surface area contributed by atoms with Gasteiger partial charge in [-0.3, -0.25) is 4.21 Å². The van der Waals surface area contributed by atoms with Crippen molar-refractivity contribution >= 4 is 10.8 Å². The van der Waals surface area contributed by atoms with Gasteiger partial charge < -0.3 is 0 Å². The van der Waals surface area contributed by atoms with Gasteiger partial charge in [0, 0.05) is 22.3 Å². The van der Waals surface area contributed by atoms with Crippen LogP contribution in [0.3, 0.4) is 0 Å². The van der Waals surface area contributed by atoms with Crippen LogP contribution in [0, 0.1) is 0 Å². The minimum absolute atomic E-state index is 0.676. The van der Waals surface area contributed by atoms with Gasteiger partial charge in [0.05, 0.1) is 0 Å². The molecule has 0 saturated carbocycles. The maximum Gasteiger partial charge on any atom is 0.0485 e. The van der Waals surface area contributed by atoms with Gasteiger partial charge in [-0.25, -0.2) is 0 Å². The Morgan fingerprint density at radius 1 is 0.895 bits per heavy atom. The van der Waals surface area contributed by atoms with E-state index in [0.29, 0.717) is 5.75 Å². The molecule has 2 rings (SSSR count). The summed E-state index contributed by atoms with van der Waals surface area (Å²) in [6, 6.07) is 18.7. The molecule has 2 aromatic rings. The molecule has 0 aliphatic carbocycles. The van der Waals surface area contributed by atoms with Gasteiger partial charge in [0.2, 0.25) is 0 Å². The van der Waals surface area contributed by atoms with Crippen molar-refractivity contribution < 1.29 is 4.21 Å². The summed E-state index contributed by atoms with van der Waals surface area (Å²) < 4.78 is 11.8. The lowest BCUT2D eigenvalue weighted by atomic mass is 10.0. The normalized spacial score (nSPS) is 12.3. The van der Waals surface area contributed by atoms with Crippen molar-refractivity contribution in [1.82, 2.24) is 0 Å². The minimum Gasteiger partial charge on any atom is -0.259 e. The van der Waals surface area contributed by atoms with Gasteiger partial charge >= 0.3 is 0 Å². The van der Waals surface area contributed by atoms with Gasteiger partial charge in [-0.2, -0.15) is 0 Å². The number of hydrogen-bond donors (Lipinski definition) is 0. The van der Waals surface area contributed by atoms with Crippen LogP contribution in [0.4, 0.5) is 0 Å². The fourth-order valence-corrected chi connectivity index (χ4v) is 3.31. The molecule has 1 nitrogen and oxygen atoms in total. The van der Waals surface area contributed by atoms with Gasteiger partial charge in [0.15, 0.2) is 0 Å². The third-order valence-electron chi connectivity index (χ3n) is 3.11. The van der Waals surface area contributed by atoms with Crippen molar-refractivity contribution in [2.45, 2.75) is 25.5 Å². The highest BCUT2D eigenvalue weighted by atomic mass is 32.2. The molecule has 0 aliphatic rings. The van der Waals surface area contributed by atoms with Crippen LogP contribution in [-0.4, -0.2) is 9.96 Å². The van der Waals surface area contributed by atoms with Crippen LogP contribution in [0.15, 0.2) is 54.6 Å². The average Bonchev–Trinajstić information content (AvgIpc) is 2.47. The van der Waals surface area contributed by atoms with Crippen molar-refractivity contribution in [3.8, 4) is 11.1 Å². The topological polar surface area (TPSA) is 17.1 Å². The zero-order chi connectivity index (χ0) is 13.5. The van der Waals surface area contributed by atoms with Crippen molar-refractivity contribution in [2.24, 2.45) is 0 Å². The zero-order valence-corrected chi connectivity index (χ0v) is 12.2. The van der Waals surface area contributed by atoms with Gasteiger partial charge in [-0.1, -0.05) is 67.9 Å². The molecule has 100 valence electrons. The Kier molecular flexibility index (Phi) is 5.34. The Morgan fingerprint density at radius 3 is 2.16 bits per heavy atom. The van der Waals surface area contributed by atoms with Crippen molar-refractivity contribution in [2.75, 3.05) is 5.75 Å². The first-order chi connectivity index (χ1) is 9.29. The first-order valence-corrected chi connectivity index (χ1v) is 8.27. The molecule has 19 heavy (non-hydrogen) atoms. The van der Waals surface area contributed by atoms with E-state index in [-0.39, 0.29) is 0 Å². The van der Waals surface area contributed by atoms with Crippen LogP contribution in [-0.2, 0) is 16.6 Å². The van der Waals surface area contributed by atoms with Crippen LogP contribution in [0.1, 0.15) is 25.3 Å². The van der Waals surface area contributed by atoms with E-state index in [9.17, 15) is 4.21 Å². The summed E-state index contributed by atoms with van der Waals surface area (Å²) in [5, 5.41) is 0. The maximum atomic E-state index is 11.8. The van der Waals surface area contributed by atoms with E-state index >= 15 is 0 Å². The Balaban J connectivity index is 2.01. The first-order valence-electron chi connectivity index (χ1n) is 6.79. The Bertz CT molecular complexity index is 517. The molecule has 0 bridgehead atoms. The smallest absolute Gasteiger partial charge is 0.0485 e. The van der Waals surface area contributed by atoms with Crippen molar-refractivity contribution in [1.29, 1.82) is 0 Å². The molecule has 2 heteroatoms. The predicted octanol–water partition coefficient (Wildman–Crippen LogP) is 4.40. The summed E-state index contributed by atoms with van der Waals surface area (Å²) >= 11 is 0. The summed E-state index contributed by atoms with van der Waals surface area (Å²) in [5.74, 6) is 1.49. The lowest BCUT2D eigenvalue weighted by molar-refractivity contribution is 0.679. The molecule has 0 saturated heterocycles. The van der Waals surface area contributed by atoms with Crippen LogP contribution in [0.25, 0.3) is 11.1 Å². The van der Waals surface area contributed by atoms with E-state index in [2.05, 4.69) is 43.3 Å². The molecule has 0 N–H and O–H groups in total. The van der Waals surface area contributed by atoms with E-state index in [1.165, 1.54) is 11.1 Å². The molecule has 0 aliphatic heterocycles. The summed E-state index contributed by atoms with van der Waals surface area (Å²) in [4.78, 5) is 0. The summed E-state index contributed by atoms with van der Waals surface area (Å²) in [6.45, 7) is 2.13. The lowest BCUT2D eigenvalue weighted by Gasteiger charge is -2.05. The quantitative estimate of drug-likeness (QED) is 0.761. The third kappa shape index (κ3) is 4.32. The van der Waals surface area contributed by atoms with Crippen LogP contribution in [0.5, 0.6) is 0 Å². The van der Waals surface area contributed by atoms with Gasteiger partial charge in [-0.15, -0.1) is 0 Å². The average molecular weight is 272 g/mol. The second-order valence-electron chi connectivity index (χ2n) is 4.70. The SMILES string of the molecule is CCCCS(=O)Cc1ccc(-c2ccccc2)cc1. The highest BCUT2D eigenvalue weighted by molar-refractivity contribution is 7.84. The number of unbranched alkanes of at least 4 members (excludes halogenated alkanes) is 1. The van der Waals surface area contributed by atoms with Gasteiger partial charge in [0.25, 0.3) is 0 Å². The standard InChI is InChI=1S/C17H20OS/c1-2-3-13-19(18)14-15-9-11-17(12-10-15)16-7-5-4-6-8-16/h4-12H,2-3,13-14H2,1H3. The van der Waals surface area contributed by atoms with Crippen LogP contribution < -0.4 is 0 Å². The fraction of sp³-hybridized carbons (Fsp3) is 0.294. The van der Waals surface area contributed by atoms with Crippen LogP contribution in [0.2, 0.25) is 0 Å². The highest BCUT2D eigenvalue weighted by Crippen LogP contribution is 2.19. The lowest BCUT2D eigenvalue weighted by Crippen LogP contribution is -2.00. The monoisotopic (exact) mass is 272 g/mol. The summed E-state index contributed by atoms with van der Waals surface area (Å²) in [7, 11) is -0.722. The van der Waals surface area contributed by atoms with E-state index in [4.69, 9.17) is 0 Å². The molecular weight excluding hydrogens is 252 g/mol. The van der Waals surface area contributed by atoms with Crippen LogP contribution >= 0.6 is 0 Å². The largest absolute Gasteiger partial charge is 0.259 e. The molecule has 1 atom stereocenters. The van der Waals surface area contributed by atoms with E-state index < -0.39 is 10.8 Å².